The van der Waals surface area contributed by atoms with Crippen molar-refractivity contribution in [3.8, 4) is 0 Å². The molecule has 0 saturated carbocycles. The van der Waals surface area contributed by atoms with Crippen LogP contribution in [0.4, 0.5) is 0 Å². The van der Waals surface area contributed by atoms with Gasteiger partial charge in [0.15, 0.2) is 0 Å². The van der Waals surface area contributed by atoms with E-state index in [1.165, 1.54) is 16.5 Å². The molecule has 0 aliphatic rings. The number of halogens is 1. The summed E-state index contributed by atoms with van der Waals surface area (Å²) in [6, 6.07) is 4.10. The van der Waals surface area contributed by atoms with Crippen molar-refractivity contribution < 1.29 is 5.11 Å². The molecule has 0 amide bonds. The first-order valence-corrected chi connectivity index (χ1v) is 6.94. The van der Waals surface area contributed by atoms with E-state index in [2.05, 4.69) is 30.7 Å². The highest BCUT2D eigenvalue weighted by Crippen LogP contribution is 2.30. The minimum Gasteiger partial charge on any atom is -0.396 e. The highest BCUT2D eigenvalue weighted by Gasteiger charge is 2.11. The van der Waals surface area contributed by atoms with Crippen molar-refractivity contribution in [3.05, 3.63) is 34.5 Å². The third-order valence-electron chi connectivity index (χ3n) is 3.39. The lowest BCUT2D eigenvalue weighted by atomic mass is 10.1. The molecule has 1 aromatic carbocycles. The van der Waals surface area contributed by atoms with Crippen molar-refractivity contribution in [3.63, 3.8) is 0 Å². The Hall–Kier alpha value is -0.990. The number of aromatic nitrogens is 1. The van der Waals surface area contributed by atoms with Gasteiger partial charge in [-0.2, -0.15) is 0 Å². The lowest BCUT2D eigenvalue weighted by molar-refractivity contribution is 0.280. The van der Waals surface area contributed by atoms with Crippen LogP contribution in [-0.4, -0.2) is 16.3 Å². The lowest BCUT2D eigenvalue weighted by Gasteiger charge is -2.07. The Kier molecular flexibility index (Phi) is 4.31. The van der Waals surface area contributed by atoms with E-state index in [0.717, 1.165) is 36.4 Å². The molecule has 0 radical (unpaired) electrons. The topological polar surface area (TPSA) is 25.2 Å². The molecular formula is C15H20ClNO. The zero-order valence-corrected chi connectivity index (χ0v) is 11.8. The summed E-state index contributed by atoms with van der Waals surface area (Å²) in [5.74, 6) is 0. The molecular weight excluding hydrogens is 246 g/mol. The van der Waals surface area contributed by atoms with Crippen LogP contribution < -0.4 is 0 Å². The van der Waals surface area contributed by atoms with Crippen LogP contribution in [0.15, 0.2) is 18.3 Å². The SMILES string of the molecule is CCCc1cn(CCCO)c2c(C)c(Cl)ccc12. The molecule has 0 aliphatic carbocycles. The summed E-state index contributed by atoms with van der Waals surface area (Å²) < 4.78 is 2.23. The lowest BCUT2D eigenvalue weighted by Crippen LogP contribution is -1.99. The second-order valence-corrected chi connectivity index (χ2v) is 5.15. The zero-order chi connectivity index (χ0) is 13.1. The molecule has 1 heterocycles. The number of hydrogen-bond donors (Lipinski definition) is 1. The predicted octanol–water partition coefficient (Wildman–Crippen LogP) is 3.94. The summed E-state index contributed by atoms with van der Waals surface area (Å²) in [4.78, 5) is 0. The molecule has 0 atom stereocenters. The van der Waals surface area contributed by atoms with Gasteiger partial charge in [-0.1, -0.05) is 31.0 Å². The fourth-order valence-electron chi connectivity index (χ4n) is 2.51. The van der Waals surface area contributed by atoms with Gasteiger partial charge in [0.05, 0.1) is 5.52 Å². The van der Waals surface area contributed by atoms with Crippen molar-refractivity contribution in [2.75, 3.05) is 6.61 Å². The number of rotatable bonds is 5. The Morgan fingerprint density at radius 3 is 2.78 bits per heavy atom. The van der Waals surface area contributed by atoms with E-state index >= 15 is 0 Å². The number of aliphatic hydroxyl groups is 1. The monoisotopic (exact) mass is 265 g/mol. The van der Waals surface area contributed by atoms with Gasteiger partial charge in [0.2, 0.25) is 0 Å². The molecule has 1 aromatic heterocycles. The molecule has 2 aromatic rings. The smallest absolute Gasteiger partial charge is 0.0527 e. The highest BCUT2D eigenvalue weighted by molar-refractivity contribution is 6.32. The minimum atomic E-state index is 0.225. The molecule has 0 unspecified atom stereocenters. The minimum absolute atomic E-state index is 0.225. The fraction of sp³-hybridized carbons (Fsp3) is 0.467. The Balaban J connectivity index is 2.57. The zero-order valence-electron chi connectivity index (χ0n) is 11.0. The first-order valence-electron chi connectivity index (χ1n) is 6.56. The molecule has 1 N–H and O–H groups in total. The van der Waals surface area contributed by atoms with E-state index in [9.17, 15) is 0 Å². The average molecular weight is 266 g/mol. The summed E-state index contributed by atoms with van der Waals surface area (Å²) in [6.07, 6.45) is 5.22. The molecule has 98 valence electrons. The van der Waals surface area contributed by atoms with Gasteiger partial charge in [-0.05, 0) is 37.0 Å². The quantitative estimate of drug-likeness (QED) is 0.870. The van der Waals surface area contributed by atoms with Gasteiger partial charge in [0.1, 0.15) is 0 Å². The van der Waals surface area contributed by atoms with E-state index in [-0.39, 0.29) is 6.61 Å². The summed E-state index contributed by atoms with van der Waals surface area (Å²) in [5, 5.41) is 11.1. The van der Waals surface area contributed by atoms with Crippen LogP contribution >= 0.6 is 11.6 Å². The summed E-state index contributed by atoms with van der Waals surface area (Å²) >= 11 is 6.22. The predicted molar refractivity (Wildman–Crippen MR) is 77.4 cm³/mol. The average Bonchev–Trinajstić information content (AvgIpc) is 2.71. The van der Waals surface area contributed by atoms with Crippen LogP contribution in [0.2, 0.25) is 5.02 Å². The second-order valence-electron chi connectivity index (χ2n) is 4.74. The van der Waals surface area contributed by atoms with Gasteiger partial charge >= 0.3 is 0 Å². The van der Waals surface area contributed by atoms with Crippen molar-refractivity contribution >= 4 is 22.5 Å². The second kappa shape index (κ2) is 5.77. The van der Waals surface area contributed by atoms with Gasteiger partial charge in [0, 0.05) is 29.8 Å². The number of fused-ring (bicyclic) bond motifs is 1. The summed E-state index contributed by atoms with van der Waals surface area (Å²) in [5.41, 5.74) is 3.74. The molecule has 2 rings (SSSR count). The Morgan fingerprint density at radius 1 is 1.33 bits per heavy atom. The highest BCUT2D eigenvalue weighted by atomic mass is 35.5. The number of nitrogens with zero attached hydrogens (tertiary/aromatic N) is 1. The van der Waals surface area contributed by atoms with E-state index in [0.29, 0.717) is 0 Å². The van der Waals surface area contributed by atoms with E-state index in [1.54, 1.807) is 0 Å². The number of aryl methyl sites for hydroxylation is 3. The van der Waals surface area contributed by atoms with Crippen LogP contribution in [0.3, 0.4) is 0 Å². The van der Waals surface area contributed by atoms with Crippen LogP contribution in [0.1, 0.15) is 30.9 Å². The molecule has 0 fully saturated rings. The third-order valence-corrected chi connectivity index (χ3v) is 3.80. The number of hydrogen-bond acceptors (Lipinski definition) is 1. The van der Waals surface area contributed by atoms with Crippen LogP contribution in [0, 0.1) is 6.92 Å². The Morgan fingerprint density at radius 2 is 2.11 bits per heavy atom. The third kappa shape index (κ3) is 2.40. The van der Waals surface area contributed by atoms with Crippen molar-refractivity contribution in [2.45, 2.75) is 39.7 Å². The Labute approximate surface area is 113 Å². The van der Waals surface area contributed by atoms with Gasteiger partial charge in [-0.15, -0.1) is 0 Å². The summed E-state index contributed by atoms with van der Waals surface area (Å²) in [6.45, 7) is 5.33. The van der Waals surface area contributed by atoms with Crippen LogP contribution in [0.5, 0.6) is 0 Å². The van der Waals surface area contributed by atoms with Crippen molar-refractivity contribution in [2.24, 2.45) is 0 Å². The maximum absolute atomic E-state index is 8.99. The normalized spacial score (nSPS) is 11.3. The first-order chi connectivity index (χ1) is 8.69. The number of benzene rings is 1. The Bertz CT molecular complexity index is 545. The molecule has 0 saturated heterocycles. The molecule has 18 heavy (non-hydrogen) atoms. The number of aliphatic hydroxyl groups excluding tert-OH is 1. The van der Waals surface area contributed by atoms with Gasteiger partial charge in [-0.3, -0.25) is 0 Å². The van der Waals surface area contributed by atoms with Gasteiger partial charge < -0.3 is 9.67 Å². The van der Waals surface area contributed by atoms with E-state index in [4.69, 9.17) is 16.7 Å². The first kappa shape index (κ1) is 13.4. The molecule has 2 nitrogen and oxygen atoms in total. The molecule has 0 spiro atoms. The van der Waals surface area contributed by atoms with Crippen molar-refractivity contribution in [1.29, 1.82) is 0 Å². The van der Waals surface area contributed by atoms with Crippen LogP contribution in [0.25, 0.3) is 10.9 Å². The summed E-state index contributed by atoms with van der Waals surface area (Å²) in [7, 11) is 0. The van der Waals surface area contributed by atoms with Gasteiger partial charge in [-0.25, -0.2) is 0 Å². The maximum atomic E-state index is 8.99. The van der Waals surface area contributed by atoms with Gasteiger partial charge in [0.25, 0.3) is 0 Å². The fourth-order valence-corrected chi connectivity index (χ4v) is 2.67. The standard InChI is InChI=1S/C15H20ClNO/c1-3-5-12-10-17(8-4-9-18)15-11(2)14(16)7-6-13(12)15/h6-7,10,18H,3-5,8-9H2,1-2H3. The van der Waals surface area contributed by atoms with E-state index < -0.39 is 0 Å². The largest absolute Gasteiger partial charge is 0.396 e. The molecule has 0 bridgehead atoms. The van der Waals surface area contributed by atoms with E-state index in [1.807, 2.05) is 6.07 Å². The maximum Gasteiger partial charge on any atom is 0.0527 e. The van der Waals surface area contributed by atoms with Crippen molar-refractivity contribution in [1.82, 2.24) is 4.57 Å². The molecule has 0 aliphatic heterocycles. The van der Waals surface area contributed by atoms with Crippen LogP contribution in [-0.2, 0) is 13.0 Å². The molecule has 3 heteroatoms.